The zero-order valence-corrected chi connectivity index (χ0v) is 12.8. The Morgan fingerprint density at radius 1 is 1.22 bits per heavy atom. The number of aromatic nitrogens is 1. The third kappa shape index (κ3) is 3.29. The molecule has 2 aromatic carbocycles. The first kappa shape index (κ1) is 15.0. The summed E-state index contributed by atoms with van der Waals surface area (Å²) < 4.78 is 5.25. The number of phenolic OH excluding ortho intramolecular Hbond substituents is 1. The minimum atomic E-state index is -0.151. The first-order chi connectivity index (χ1) is 11.2. The molecule has 1 amide bonds. The summed E-state index contributed by atoms with van der Waals surface area (Å²) >= 11 is 0. The molecule has 0 unspecified atom stereocenters. The van der Waals surface area contributed by atoms with Gasteiger partial charge in [0.15, 0.2) is 0 Å². The molecule has 3 rings (SSSR count). The largest absolute Gasteiger partial charge is 0.508 e. The number of hydrogen-bond acceptors (Lipinski definition) is 3. The molecule has 1 heterocycles. The summed E-state index contributed by atoms with van der Waals surface area (Å²) in [5.74, 6) is 0.809. The van der Waals surface area contributed by atoms with Crippen LogP contribution in [0.4, 0.5) is 0 Å². The molecule has 0 fully saturated rings. The highest BCUT2D eigenvalue weighted by atomic mass is 16.5. The molecule has 3 N–H and O–H groups in total. The molecule has 0 bridgehead atoms. The van der Waals surface area contributed by atoms with Crippen molar-refractivity contribution in [1.29, 1.82) is 0 Å². The van der Waals surface area contributed by atoms with Crippen LogP contribution in [0.2, 0.25) is 0 Å². The highest BCUT2D eigenvalue weighted by molar-refractivity contribution is 5.94. The van der Waals surface area contributed by atoms with E-state index in [1.807, 2.05) is 24.4 Å². The molecule has 0 aliphatic heterocycles. The molecule has 0 aliphatic rings. The average molecular weight is 310 g/mol. The van der Waals surface area contributed by atoms with Gasteiger partial charge in [-0.15, -0.1) is 0 Å². The number of carbonyl (C=O) groups excluding carboxylic acids is 1. The molecule has 5 nitrogen and oxygen atoms in total. The molecule has 23 heavy (non-hydrogen) atoms. The van der Waals surface area contributed by atoms with E-state index in [0.29, 0.717) is 12.1 Å². The van der Waals surface area contributed by atoms with Crippen molar-refractivity contribution < 1.29 is 14.6 Å². The summed E-state index contributed by atoms with van der Waals surface area (Å²) in [6, 6.07) is 12.1. The van der Waals surface area contributed by atoms with Crippen LogP contribution < -0.4 is 10.1 Å². The van der Waals surface area contributed by atoms with E-state index in [9.17, 15) is 9.90 Å². The van der Waals surface area contributed by atoms with Crippen LogP contribution in [0, 0.1) is 0 Å². The Labute approximate surface area is 133 Å². The minimum Gasteiger partial charge on any atom is -0.508 e. The maximum absolute atomic E-state index is 12.0. The van der Waals surface area contributed by atoms with E-state index >= 15 is 0 Å². The molecule has 0 saturated heterocycles. The van der Waals surface area contributed by atoms with Crippen LogP contribution in [0.1, 0.15) is 15.9 Å². The summed E-state index contributed by atoms with van der Waals surface area (Å²) in [4.78, 5) is 15.2. The zero-order chi connectivity index (χ0) is 16.2. The van der Waals surface area contributed by atoms with Gasteiger partial charge in [0.05, 0.1) is 7.11 Å². The summed E-state index contributed by atoms with van der Waals surface area (Å²) in [6.07, 6.45) is 2.67. The third-order valence-corrected chi connectivity index (χ3v) is 3.78. The molecule has 5 heteroatoms. The predicted molar refractivity (Wildman–Crippen MR) is 89.0 cm³/mol. The number of H-pyrrole nitrogens is 1. The van der Waals surface area contributed by atoms with Gasteiger partial charge >= 0.3 is 0 Å². The van der Waals surface area contributed by atoms with E-state index in [1.54, 1.807) is 19.2 Å². The Morgan fingerprint density at radius 3 is 2.74 bits per heavy atom. The fourth-order valence-electron chi connectivity index (χ4n) is 2.52. The van der Waals surface area contributed by atoms with Crippen LogP contribution in [0.3, 0.4) is 0 Å². The lowest BCUT2D eigenvalue weighted by atomic mass is 10.1. The number of carbonyl (C=O) groups is 1. The lowest BCUT2D eigenvalue weighted by molar-refractivity contribution is 0.0954. The second-order valence-corrected chi connectivity index (χ2v) is 5.28. The van der Waals surface area contributed by atoms with Crippen molar-refractivity contribution in [2.45, 2.75) is 6.42 Å². The molecule has 118 valence electrons. The number of aromatic amines is 1. The SMILES string of the molecule is COc1ccc2[nH]cc(CCNC(=O)c3ccc(O)cc3)c2c1. The van der Waals surface area contributed by atoms with Gasteiger partial charge in [0.2, 0.25) is 0 Å². The van der Waals surface area contributed by atoms with Crippen LogP contribution in [-0.4, -0.2) is 29.7 Å². The van der Waals surface area contributed by atoms with Gasteiger partial charge in [-0.2, -0.15) is 0 Å². The fraction of sp³-hybridized carbons (Fsp3) is 0.167. The normalized spacial score (nSPS) is 10.7. The van der Waals surface area contributed by atoms with Crippen molar-refractivity contribution in [2.75, 3.05) is 13.7 Å². The van der Waals surface area contributed by atoms with Gasteiger partial charge < -0.3 is 20.1 Å². The number of benzene rings is 2. The Bertz CT molecular complexity index is 822. The maximum Gasteiger partial charge on any atom is 0.251 e. The molecule has 1 aromatic heterocycles. The zero-order valence-electron chi connectivity index (χ0n) is 12.8. The average Bonchev–Trinajstić information content (AvgIpc) is 2.97. The van der Waals surface area contributed by atoms with Crippen molar-refractivity contribution in [1.82, 2.24) is 10.3 Å². The number of fused-ring (bicyclic) bond motifs is 1. The van der Waals surface area contributed by atoms with Gasteiger partial charge in [0.1, 0.15) is 11.5 Å². The summed E-state index contributed by atoms with van der Waals surface area (Å²) in [7, 11) is 1.64. The van der Waals surface area contributed by atoms with E-state index < -0.39 is 0 Å². The number of amides is 1. The second kappa shape index (κ2) is 6.44. The van der Waals surface area contributed by atoms with Gasteiger partial charge in [-0.25, -0.2) is 0 Å². The number of nitrogens with one attached hydrogen (secondary N) is 2. The first-order valence-electron chi connectivity index (χ1n) is 7.38. The Hall–Kier alpha value is -2.95. The topological polar surface area (TPSA) is 74.3 Å². The molecule has 0 aliphatic carbocycles. The molecule has 0 saturated carbocycles. The van der Waals surface area contributed by atoms with Crippen LogP contribution in [0.15, 0.2) is 48.7 Å². The van der Waals surface area contributed by atoms with Crippen LogP contribution >= 0.6 is 0 Å². The van der Waals surface area contributed by atoms with Crippen LogP contribution in [0.25, 0.3) is 10.9 Å². The first-order valence-corrected chi connectivity index (χ1v) is 7.38. The Balaban J connectivity index is 1.64. The number of phenols is 1. The van der Waals surface area contributed by atoms with Gasteiger partial charge in [-0.05, 0) is 54.4 Å². The van der Waals surface area contributed by atoms with Gasteiger partial charge in [0.25, 0.3) is 5.91 Å². The minimum absolute atomic E-state index is 0.147. The van der Waals surface area contributed by atoms with E-state index in [0.717, 1.165) is 28.6 Å². The number of hydrogen-bond donors (Lipinski definition) is 3. The highest BCUT2D eigenvalue weighted by Crippen LogP contribution is 2.23. The summed E-state index contributed by atoms with van der Waals surface area (Å²) in [6.45, 7) is 0.532. The van der Waals surface area contributed by atoms with Gasteiger partial charge in [-0.1, -0.05) is 0 Å². The molecule has 3 aromatic rings. The smallest absolute Gasteiger partial charge is 0.251 e. The molecule has 0 atom stereocenters. The third-order valence-electron chi connectivity index (χ3n) is 3.78. The van der Waals surface area contributed by atoms with E-state index in [4.69, 9.17) is 4.74 Å². The van der Waals surface area contributed by atoms with Crippen molar-refractivity contribution >= 4 is 16.8 Å². The number of aromatic hydroxyl groups is 1. The van der Waals surface area contributed by atoms with Crippen LogP contribution in [-0.2, 0) is 6.42 Å². The Kier molecular flexibility index (Phi) is 4.19. The molecule has 0 radical (unpaired) electrons. The number of methoxy groups -OCH3 is 1. The number of rotatable bonds is 5. The lowest BCUT2D eigenvalue weighted by Gasteiger charge is -2.05. The van der Waals surface area contributed by atoms with Gasteiger partial charge in [0, 0.05) is 29.2 Å². The maximum atomic E-state index is 12.0. The Morgan fingerprint density at radius 2 is 2.00 bits per heavy atom. The van der Waals surface area contributed by atoms with E-state index in [-0.39, 0.29) is 11.7 Å². The standard InChI is InChI=1S/C18H18N2O3/c1-23-15-6-7-17-16(10-15)13(11-20-17)8-9-19-18(22)12-2-4-14(21)5-3-12/h2-7,10-11,20-21H,8-9H2,1H3,(H,19,22). The summed E-state index contributed by atoms with van der Waals surface area (Å²) in [5, 5.41) is 13.2. The van der Waals surface area contributed by atoms with Gasteiger partial charge in [-0.3, -0.25) is 4.79 Å². The molecular formula is C18H18N2O3. The van der Waals surface area contributed by atoms with Crippen molar-refractivity contribution in [3.8, 4) is 11.5 Å². The van der Waals surface area contributed by atoms with E-state index in [1.165, 1.54) is 12.1 Å². The second-order valence-electron chi connectivity index (χ2n) is 5.28. The van der Waals surface area contributed by atoms with Crippen molar-refractivity contribution in [3.63, 3.8) is 0 Å². The monoisotopic (exact) mass is 310 g/mol. The van der Waals surface area contributed by atoms with E-state index in [2.05, 4.69) is 10.3 Å². The lowest BCUT2D eigenvalue weighted by Crippen LogP contribution is -2.25. The quantitative estimate of drug-likeness (QED) is 0.678. The van der Waals surface area contributed by atoms with Crippen molar-refractivity contribution in [3.05, 3.63) is 59.8 Å². The molecule has 0 spiro atoms. The summed E-state index contributed by atoms with van der Waals surface area (Å²) in [5.41, 5.74) is 2.71. The molecular weight excluding hydrogens is 292 g/mol. The highest BCUT2D eigenvalue weighted by Gasteiger charge is 2.07. The van der Waals surface area contributed by atoms with Crippen molar-refractivity contribution in [2.24, 2.45) is 0 Å². The fourth-order valence-corrected chi connectivity index (χ4v) is 2.52. The van der Waals surface area contributed by atoms with Crippen LogP contribution in [0.5, 0.6) is 11.5 Å². The number of ether oxygens (including phenoxy) is 1. The predicted octanol–water partition coefficient (Wildman–Crippen LogP) is 2.85.